The molecule has 3 aliphatic carbocycles. The fourth-order valence-electron chi connectivity index (χ4n) is 16.1. The molecule has 6 heteroatoms. The van der Waals surface area contributed by atoms with E-state index in [-0.39, 0.29) is 58.3 Å². The molecule has 0 unspecified atom stereocenters. The average Bonchev–Trinajstić information content (AvgIpc) is 1.51. The van der Waals surface area contributed by atoms with Gasteiger partial charge in [0.2, 0.25) is 0 Å². The molecule has 17 aromatic rings. The van der Waals surface area contributed by atoms with Gasteiger partial charge in [0, 0.05) is 33.4 Å². The van der Waals surface area contributed by atoms with Gasteiger partial charge in [-0.25, -0.2) is 29.9 Å². The van der Waals surface area contributed by atoms with E-state index in [4.69, 9.17) is 27.3 Å². The van der Waals surface area contributed by atoms with Crippen LogP contribution in [-0.4, -0.2) is 29.9 Å². The first-order valence-electron chi connectivity index (χ1n) is 39.6. The van der Waals surface area contributed by atoms with Crippen LogP contribution in [-0.2, 0) is 10.8 Å². The highest BCUT2D eigenvalue weighted by Gasteiger charge is 2.52. The van der Waals surface area contributed by atoms with Gasteiger partial charge in [0.05, 0.1) is 23.2 Å². The summed E-state index contributed by atoms with van der Waals surface area (Å²) in [5.74, 6) is 1.50. The second-order valence-electron chi connectivity index (χ2n) is 26.5. The topological polar surface area (TPSA) is 77.3 Å². The predicted molar refractivity (Wildman–Crippen MR) is 427 cm³/mol. The van der Waals surface area contributed by atoms with Crippen LogP contribution in [0.25, 0.3) is 135 Å². The summed E-state index contributed by atoms with van der Waals surface area (Å²) in [6.07, 6.45) is 0. The molecule has 0 amide bonds. The monoisotopic (exact) mass is 1350 g/mol. The quantitative estimate of drug-likeness (QED) is 0.128. The summed E-state index contributed by atoms with van der Waals surface area (Å²) in [7, 11) is 0. The van der Waals surface area contributed by atoms with Crippen molar-refractivity contribution in [1.82, 2.24) is 29.9 Å². The Morgan fingerprint density at radius 1 is 0.210 bits per heavy atom. The maximum atomic E-state index is 8.77. The maximum Gasteiger partial charge on any atom is 0.164 e. The molecule has 2 aromatic heterocycles. The van der Waals surface area contributed by atoms with Crippen molar-refractivity contribution in [1.29, 1.82) is 0 Å². The molecule has 20 rings (SSSR count). The highest BCUT2D eigenvalue weighted by atomic mass is 15.0. The minimum atomic E-state index is -0.577. The van der Waals surface area contributed by atoms with Crippen molar-refractivity contribution >= 4 is 0 Å². The van der Waals surface area contributed by atoms with Crippen LogP contribution in [0.5, 0.6) is 0 Å². The number of benzene rings is 15. The lowest BCUT2D eigenvalue weighted by Gasteiger charge is -2.34. The third-order valence-electron chi connectivity index (χ3n) is 20.6. The summed E-state index contributed by atoms with van der Waals surface area (Å²) >= 11 is 0. The van der Waals surface area contributed by atoms with Gasteiger partial charge in [-0.1, -0.05) is 375 Å². The predicted octanol–water partition coefficient (Wildman–Crippen LogP) is 23.8. The van der Waals surface area contributed by atoms with Crippen LogP contribution in [0.2, 0.25) is 0 Å². The largest absolute Gasteiger partial charge is 0.208 e. The fourth-order valence-corrected chi connectivity index (χ4v) is 16.1. The lowest BCUT2D eigenvalue weighted by Crippen LogP contribution is -2.28. The van der Waals surface area contributed by atoms with Crippen LogP contribution < -0.4 is 0 Å². The molecule has 0 radical (unpaired) electrons. The summed E-state index contributed by atoms with van der Waals surface area (Å²) < 4.78 is 76.6. The van der Waals surface area contributed by atoms with Gasteiger partial charge < -0.3 is 0 Å². The molecule has 0 fully saturated rings. The van der Waals surface area contributed by atoms with E-state index >= 15 is 0 Å². The summed E-state index contributed by atoms with van der Waals surface area (Å²) in [5.41, 5.74) is 26.1. The molecule has 105 heavy (non-hydrogen) atoms. The van der Waals surface area contributed by atoms with E-state index in [9.17, 15) is 0 Å². The Balaban J connectivity index is 0.000000153. The Bertz CT molecular complexity index is 6440. The third-order valence-corrected chi connectivity index (χ3v) is 20.6. The molecule has 0 bridgehead atoms. The summed E-state index contributed by atoms with van der Waals surface area (Å²) in [4.78, 5) is 28.7. The fraction of sp³-hybridized carbons (Fsp3) is 0.0303. The normalized spacial score (nSPS) is 14.0. The van der Waals surface area contributed by atoms with Crippen molar-refractivity contribution in [3.63, 3.8) is 0 Å². The molecule has 492 valence electrons. The zero-order valence-electron chi connectivity index (χ0n) is 65.9. The van der Waals surface area contributed by atoms with Crippen molar-refractivity contribution in [2.75, 3.05) is 0 Å². The molecule has 0 aliphatic heterocycles. The molecule has 0 atom stereocenters. The van der Waals surface area contributed by atoms with Gasteiger partial charge >= 0.3 is 0 Å². The van der Waals surface area contributed by atoms with Crippen molar-refractivity contribution in [2.24, 2.45) is 0 Å². The molecular weight excluding hydrogens is 1270 g/mol. The summed E-state index contributed by atoms with van der Waals surface area (Å²) in [6, 6.07) is 111. The van der Waals surface area contributed by atoms with E-state index in [2.05, 4.69) is 245 Å². The van der Waals surface area contributed by atoms with Crippen molar-refractivity contribution < 1.29 is 12.3 Å². The molecule has 0 saturated carbocycles. The van der Waals surface area contributed by atoms with Gasteiger partial charge in [0.25, 0.3) is 0 Å². The second-order valence-corrected chi connectivity index (χ2v) is 26.5. The van der Waals surface area contributed by atoms with E-state index in [1.807, 2.05) is 97.1 Å². The van der Waals surface area contributed by atoms with Gasteiger partial charge in [0.15, 0.2) is 34.9 Å². The lowest BCUT2D eigenvalue weighted by atomic mass is 9.67. The molecule has 1 spiro atoms. The van der Waals surface area contributed by atoms with Crippen LogP contribution >= 0.6 is 0 Å². The van der Waals surface area contributed by atoms with Gasteiger partial charge in [0.1, 0.15) is 0 Å². The molecule has 0 saturated heterocycles. The van der Waals surface area contributed by atoms with Crippen LogP contribution in [0.1, 0.15) is 62.4 Å². The highest BCUT2D eigenvalue weighted by Crippen LogP contribution is 2.64. The van der Waals surface area contributed by atoms with E-state index in [1.165, 1.54) is 68.1 Å². The van der Waals surface area contributed by atoms with Crippen molar-refractivity contribution in [3.05, 3.63) is 432 Å². The van der Waals surface area contributed by atoms with E-state index in [0.29, 0.717) is 23.0 Å². The number of rotatable bonds is 11. The first-order valence-corrected chi connectivity index (χ1v) is 35.1. The molecule has 6 nitrogen and oxygen atoms in total. The highest BCUT2D eigenvalue weighted by molar-refractivity contribution is 5.98. The lowest BCUT2D eigenvalue weighted by molar-refractivity contribution is 0.768. The molecule has 0 N–H and O–H groups in total. The van der Waals surface area contributed by atoms with E-state index in [1.54, 1.807) is 0 Å². The zero-order chi connectivity index (χ0) is 77.7. The number of fused-ring (bicyclic) bond motifs is 13. The molecular formula is C99H66N6. The van der Waals surface area contributed by atoms with Crippen molar-refractivity contribution in [3.8, 4) is 135 Å². The first kappa shape index (κ1) is 53.2. The Morgan fingerprint density at radius 3 is 1.06 bits per heavy atom. The zero-order valence-corrected chi connectivity index (χ0v) is 56.9. The Morgan fingerprint density at radius 2 is 0.543 bits per heavy atom. The second kappa shape index (κ2) is 26.0. The first-order chi connectivity index (χ1) is 55.7. The van der Waals surface area contributed by atoms with E-state index in [0.717, 1.165) is 66.8 Å². The van der Waals surface area contributed by atoms with Crippen LogP contribution in [0, 0.1) is 6.92 Å². The van der Waals surface area contributed by atoms with Gasteiger partial charge in [-0.05, 0) is 130 Å². The van der Waals surface area contributed by atoms with Crippen LogP contribution in [0.15, 0.2) is 382 Å². The van der Waals surface area contributed by atoms with Gasteiger partial charge in [-0.3, -0.25) is 0 Å². The van der Waals surface area contributed by atoms with E-state index < -0.39 is 41.0 Å². The number of hydrogen-bond acceptors (Lipinski definition) is 6. The standard InChI is InChI=1S/C52H33N3.C47H33N3/c1-3-16-34(17-4-1)49-53-50(35-18-5-2-6-19-35)55-51(54-49)38-21-15-20-36(32-38)39-22-7-8-23-40(39)37-30-31-44-43-26-11-14-29-47(43)52(48(44)33-37)45-27-12-9-24-41(45)42-25-10-13-28-46(42)52;1-32-24-26-35(27-25-32)45-48-44(34-14-5-2-6-15-34)49-46(50-45)36-30-28-33(29-31-36)39-21-13-23-42-43(39)40-20-11-12-22-41(40)47(42,37-16-7-3-8-17-37)38-18-9-4-10-19-38/h1-33H;2-31H,1H3/i;2D,5D,6D,14D,15D,24D,25D,26D,27D. The minimum Gasteiger partial charge on any atom is -0.208 e. The van der Waals surface area contributed by atoms with Gasteiger partial charge in [-0.2, -0.15) is 0 Å². The number of aromatic nitrogens is 6. The van der Waals surface area contributed by atoms with Crippen molar-refractivity contribution in [2.45, 2.75) is 17.8 Å². The molecule has 3 aliphatic rings. The number of nitrogens with zero attached hydrogens (tertiary/aromatic N) is 6. The Hall–Kier alpha value is -13.7. The molecule has 2 heterocycles. The maximum absolute atomic E-state index is 8.77. The average molecular weight is 1350 g/mol. The van der Waals surface area contributed by atoms with Gasteiger partial charge in [-0.15, -0.1) is 0 Å². The summed E-state index contributed by atoms with van der Waals surface area (Å²) in [5, 5.41) is 0. The molecule has 15 aromatic carbocycles. The SMILES string of the molecule is [2H]c1c([2H])c([2H])c(-c2nc(-c3ccc(-c4cccc5c4-c4ccccc4C5(c4ccccc4)c4ccccc4)cc3)nc(-c3c([2H])c([2H])c(C)c([2H])c3[2H])n2)c([2H])c1[2H].c1ccc(-c2nc(-c3ccccc3)nc(-c3cccc(-c4ccccc4-c4ccc5c(c4)C4(c6ccccc6-c6ccccc64)c4ccccc4-5)c3)n2)cc1. The minimum absolute atomic E-state index is 0.0524. The van der Waals surface area contributed by atoms with Crippen LogP contribution in [0.4, 0.5) is 0 Å². The third kappa shape index (κ3) is 10.6. The number of hydrogen-bond donors (Lipinski definition) is 0. The smallest absolute Gasteiger partial charge is 0.164 e. The summed E-state index contributed by atoms with van der Waals surface area (Å²) in [6.45, 7) is 1.49. The Labute approximate surface area is 623 Å². The van der Waals surface area contributed by atoms with Crippen LogP contribution in [0.3, 0.4) is 0 Å². The Kier molecular flexibility index (Phi) is 13.2.